The highest BCUT2D eigenvalue weighted by Gasteiger charge is 2.15. The summed E-state index contributed by atoms with van der Waals surface area (Å²) >= 11 is 0. The van der Waals surface area contributed by atoms with E-state index in [1.807, 2.05) is 0 Å². The lowest BCUT2D eigenvalue weighted by Crippen LogP contribution is -2.38. The van der Waals surface area contributed by atoms with Crippen LogP contribution in [0.3, 0.4) is 0 Å². The average molecular weight is 735 g/mol. The fourth-order valence-corrected chi connectivity index (χ4v) is 6.50. The van der Waals surface area contributed by atoms with Gasteiger partial charge in [-0.3, -0.25) is 0 Å². The average Bonchev–Trinajstić information content (AvgIpc) is 3.15. The number of nitrogens with one attached hydrogen (secondary N) is 1. The van der Waals surface area contributed by atoms with Crippen LogP contribution in [0.25, 0.3) is 0 Å². The van der Waals surface area contributed by atoms with Gasteiger partial charge in [0.2, 0.25) is 0 Å². The minimum absolute atomic E-state index is 0.376. The number of allylic oxidation sites excluding steroid dienone is 4. The van der Waals surface area contributed by atoms with Crippen molar-refractivity contribution in [3.63, 3.8) is 0 Å². The van der Waals surface area contributed by atoms with Crippen LogP contribution in [-0.2, 0) is 14.2 Å². The molecule has 1 amide bonds. The number of ether oxygens (including phenoxy) is 3. The molecule has 0 bridgehead atoms. The fraction of sp³-hybridized carbons (Fsp3) is 0.891. The van der Waals surface area contributed by atoms with Crippen LogP contribution in [-0.4, -0.2) is 69.7 Å². The Balaban J connectivity index is 4.01. The third-order valence-corrected chi connectivity index (χ3v) is 10.1. The molecule has 0 unspecified atom stereocenters. The van der Waals surface area contributed by atoms with E-state index in [0.717, 1.165) is 32.5 Å². The molecular formula is C46H90N2O4. The molecule has 0 aliphatic heterocycles. The Morgan fingerprint density at radius 2 is 0.846 bits per heavy atom. The third-order valence-electron chi connectivity index (χ3n) is 10.1. The monoisotopic (exact) mass is 735 g/mol. The number of hydrogen-bond donors (Lipinski definition) is 1. The first-order valence-electron chi connectivity index (χ1n) is 22.8. The van der Waals surface area contributed by atoms with Gasteiger partial charge in [0.25, 0.3) is 0 Å². The Kier molecular flexibility index (Phi) is 42.9. The molecule has 0 saturated carbocycles. The number of likely N-dealkylation sites (N-methyl/N-ethyl adjacent to an activating group) is 1. The lowest BCUT2D eigenvalue weighted by atomic mass is 10.1. The molecule has 0 aromatic carbocycles. The van der Waals surface area contributed by atoms with Crippen molar-refractivity contribution in [1.82, 2.24) is 10.2 Å². The molecule has 0 aromatic rings. The van der Waals surface area contributed by atoms with Crippen LogP contribution in [0.15, 0.2) is 24.3 Å². The van der Waals surface area contributed by atoms with Crippen LogP contribution in [0.2, 0.25) is 0 Å². The summed E-state index contributed by atoms with van der Waals surface area (Å²) < 4.78 is 17.7. The van der Waals surface area contributed by atoms with Gasteiger partial charge in [-0.05, 0) is 77.3 Å². The number of amides is 1. The summed E-state index contributed by atoms with van der Waals surface area (Å²) in [6.07, 6.45) is 45.2. The van der Waals surface area contributed by atoms with E-state index in [-0.39, 0.29) is 12.2 Å². The number of unbranched alkanes of at least 4 members (excludes halogenated alkanes) is 24. The maximum atomic E-state index is 12.5. The van der Waals surface area contributed by atoms with Gasteiger partial charge in [0.1, 0.15) is 0 Å². The summed E-state index contributed by atoms with van der Waals surface area (Å²) in [7, 11) is 0. The second-order valence-electron chi connectivity index (χ2n) is 15.0. The Labute approximate surface area is 325 Å². The first-order valence-corrected chi connectivity index (χ1v) is 22.8. The first-order chi connectivity index (χ1) is 25.7. The predicted molar refractivity (Wildman–Crippen MR) is 227 cm³/mol. The van der Waals surface area contributed by atoms with Gasteiger partial charge in [-0.25, -0.2) is 4.79 Å². The van der Waals surface area contributed by atoms with Crippen LogP contribution >= 0.6 is 0 Å². The molecule has 6 nitrogen and oxygen atoms in total. The topological polar surface area (TPSA) is 60.0 Å². The van der Waals surface area contributed by atoms with Gasteiger partial charge in [-0.1, -0.05) is 168 Å². The minimum Gasteiger partial charge on any atom is -0.441 e. The maximum absolute atomic E-state index is 12.5. The second-order valence-corrected chi connectivity index (χ2v) is 15.0. The van der Waals surface area contributed by atoms with Crippen molar-refractivity contribution in [3.05, 3.63) is 24.3 Å². The van der Waals surface area contributed by atoms with E-state index < -0.39 is 0 Å². The largest absolute Gasteiger partial charge is 0.441 e. The number of hydrogen-bond acceptors (Lipinski definition) is 5. The van der Waals surface area contributed by atoms with E-state index in [1.54, 1.807) is 0 Å². The molecule has 1 N–H and O–H groups in total. The highest BCUT2D eigenvalue weighted by Crippen LogP contribution is 2.12. The number of alkyl carbamates (subject to hydrolysis) is 1. The third kappa shape index (κ3) is 39.8. The van der Waals surface area contributed by atoms with Crippen molar-refractivity contribution in [1.29, 1.82) is 0 Å². The summed E-state index contributed by atoms with van der Waals surface area (Å²) in [5.74, 6) is 0. The molecule has 308 valence electrons. The summed E-state index contributed by atoms with van der Waals surface area (Å²) in [6, 6.07) is 0. The Morgan fingerprint density at radius 3 is 1.21 bits per heavy atom. The molecular weight excluding hydrogens is 645 g/mol. The molecule has 0 aliphatic rings. The van der Waals surface area contributed by atoms with Crippen molar-refractivity contribution in [2.75, 3.05) is 52.6 Å². The van der Waals surface area contributed by atoms with E-state index in [1.165, 1.54) is 167 Å². The van der Waals surface area contributed by atoms with Crippen molar-refractivity contribution in [2.24, 2.45) is 0 Å². The smallest absolute Gasteiger partial charge is 0.407 e. The lowest BCUT2D eigenvalue weighted by Gasteiger charge is -2.20. The standard InChI is InChI=1S/C46H90N2O4/c1-5-9-11-13-15-17-19-21-23-25-27-29-31-33-35-37-41-50-43-45(52-46(49)47-39-40-48(7-3)8-4)44-51-42-38-36-34-32-30-28-26-24-22-20-18-16-14-12-10-6-2/h21-24,45H,5-20,25-44H2,1-4H3,(H,47,49). The van der Waals surface area contributed by atoms with E-state index >= 15 is 0 Å². The summed E-state index contributed by atoms with van der Waals surface area (Å²) in [5.41, 5.74) is 0. The Bertz CT molecular complexity index is 709. The highest BCUT2D eigenvalue weighted by molar-refractivity contribution is 5.67. The number of carbonyl (C=O) groups is 1. The molecule has 0 radical (unpaired) electrons. The zero-order valence-electron chi connectivity index (χ0n) is 35.4. The molecule has 0 atom stereocenters. The highest BCUT2D eigenvalue weighted by atomic mass is 16.6. The minimum atomic E-state index is -0.378. The molecule has 6 heteroatoms. The SMILES string of the molecule is CCCCCCCCC=CCCCCCCCCOCC(COCCCCCCCCC=CCCCCCCCC)OC(=O)NCCN(CC)CC. The van der Waals surface area contributed by atoms with Gasteiger partial charge in [-0.2, -0.15) is 0 Å². The van der Waals surface area contributed by atoms with Crippen LogP contribution in [0.5, 0.6) is 0 Å². The van der Waals surface area contributed by atoms with Gasteiger partial charge in [0, 0.05) is 26.3 Å². The number of carbonyl (C=O) groups excluding carboxylic acids is 1. The predicted octanol–water partition coefficient (Wildman–Crippen LogP) is 13.5. The van der Waals surface area contributed by atoms with E-state index in [4.69, 9.17) is 14.2 Å². The Morgan fingerprint density at radius 1 is 0.500 bits per heavy atom. The van der Waals surface area contributed by atoms with Gasteiger partial charge >= 0.3 is 6.09 Å². The van der Waals surface area contributed by atoms with Gasteiger partial charge in [0.15, 0.2) is 6.10 Å². The molecule has 0 aromatic heterocycles. The molecule has 52 heavy (non-hydrogen) atoms. The molecule has 0 spiro atoms. The van der Waals surface area contributed by atoms with Gasteiger partial charge < -0.3 is 24.4 Å². The van der Waals surface area contributed by atoms with Crippen molar-refractivity contribution in [2.45, 2.75) is 214 Å². The van der Waals surface area contributed by atoms with Crippen molar-refractivity contribution in [3.8, 4) is 0 Å². The quantitative estimate of drug-likeness (QED) is 0.0500. The molecule has 0 aliphatic carbocycles. The zero-order chi connectivity index (χ0) is 37.8. The second kappa shape index (κ2) is 44.0. The summed E-state index contributed by atoms with van der Waals surface area (Å²) in [5, 5.41) is 2.91. The summed E-state index contributed by atoms with van der Waals surface area (Å²) in [4.78, 5) is 14.8. The van der Waals surface area contributed by atoms with Crippen LogP contribution in [0.4, 0.5) is 4.79 Å². The van der Waals surface area contributed by atoms with E-state index in [9.17, 15) is 4.79 Å². The molecule has 0 fully saturated rings. The van der Waals surface area contributed by atoms with Gasteiger partial charge in [-0.15, -0.1) is 0 Å². The fourth-order valence-electron chi connectivity index (χ4n) is 6.50. The maximum Gasteiger partial charge on any atom is 0.407 e. The Hall–Kier alpha value is -1.37. The number of rotatable bonds is 42. The van der Waals surface area contributed by atoms with Crippen LogP contribution < -0.4 is 5.32 Å². The van der Waals surface area contributed by atoms with Crippen molar-refractivity contribution < 1.29 is 19.0 Å². The molecule has 0 saturated heterocycles. The first kappa shape index (κ1) is 50.6. The van der Waals surface area contributed by atoms with Gasteiger partial charge in [0.05, 0.1) is 13.2 Å². The zero-order valence-corrected chi connectivity index (χ0v) is 35.4. The van der Waals surface area contributed by atoms with Crippen molar-refractivity contribution >= 4 is 6.09 Å². The van der Waals surface area contributed by atoms with Crippen LogP contribution in [0.1, 0.15) is 207 Å². The molecule has 0 heterocycles. The molecule has 0 rings (SSSR count). The lowest BCUT2D eigenvalue weighted by molar-refractivity contribution is -0.0292. The van der Waals surface area contributed by atoms with Crippen LogP contribution in [0, 0.1) is 0 Å². The van der Waals surface area contributed by atoms with E-state index in [2.05, 4.69) is 62.2 Å². The summed E-state index contributed by atoms with van der Waals surface area (Å²) in [6.45, 7) is 14.4. The normalized spacial score (nSPS) is 12.5. The van der Waals surface area contributed by atoms with E-state index in [0.29, 0.717) is 33.0 Å². The number of nitrogens with zero attached hydrogens (tertiary/aromatic N) is 1.